The predicted octanol–water partition coefficient (Wildman–Crippen LogP) is 15.2. The monoisotopic (exact) mass is 758 g/mol. The van der Waals surface area contributed by atoms with Crippen LogP contribution >= 0.6 is 11.3 Å². The van der Waals surface area contributed by atoms with Gasteiger partial charge in [-0.25, -0.2) is 9.97 Å². The van der Waals surface area contributed by atoms with E-state index in [1.54, 1.807) is 0 Å². The lowest BCUT2D eigenvalue weighted by molar-refractivity contribution is 0.660. The van der Waals surface area contributed by atoms with Gasteiger partial charge in [0.05, 0.1) is 11.4 Å². The van der Waals surface area contributed by atoms with E-state index in [9.17, 15) is 0 Å². The highest BCUT2D eigenvalue weighted by Gasteiger charge is 2.35. The predicted molar refractivity (Wildman–Crippen MR) is 245 cm³/mol. The SMILES string of the molecule is CC1(C)c2ccccc2-c2ccc(-c3cccc(-c4cc(-c5cc(-c6ccccc6)cc(-c6cccc7c6sc6ccccc67)c5)nc(-c5ccccc5)n4)c3)cc21. The van der Waals surface area contributed by atoms with Crippen LogP contribution in [0.15, 0.2) is 194 Å². The third-order valence-corrected chi connectivity index (χ3v) is 13.1. The fourth-order valence-corrected chi connectivity index (χ4v) is 10.1. The molecule has 0 fully saturated rings. The van der Waals surface area contributed by atoms with Crippen LogP contribution in [-0.2, 0) is 5.41 Å². The molecule has 0 bridgehead atoms. The van der Waals surface area contributed by atoms with Crippen molar-refractivity contribution in [2.45, 2.75) is 19.3 Å². The number of hydrogen-bond acceptors (Lipinski definition) is 3. The van der Waals surface area contributed by atoms with Gasteiger partial charge in [-0.1, -0.05) is 166 Å². The lowest BCUT2D eigenvalue weighted by Gasteiger charge is -2.22. The Morgan fingerprint density at radius 3 is 1.78 bits per heavy atom. The summed E-state index contributed by atoms with van der Waals surface area (Å²) in [6.45, 7) is 4.68. The summed E-state index contributed by atoms with van der Waals surface area (Å²) in [6, 6.07) is 70.1. The second-order valence-electron chi connectivity index (χ2n) is 15.8. The van der Waals surface area contributed by atoms with Gasteiger partial charge in [-0.15, -0.1) is 11.3 Å². The van der Waals surface area contributed by atoms with Gasteiger partial charge in [-0.05, 0) is 98.1 Å². The molecule has 274 valence electrons. The summed E-state index contributed by atoms with van der Waals surface area (Å²) in [6.07, 6.45) is 0. The summed E-state index contributed by atoms with van der Waals surface area (Å²) < 4.78 is 2.59. The van der Waals surface area contributed by atoms with Crippen molar-refractivity contribution in [3.8, 4) is 78.4 Å². The molecule has 0 unspecified atom stereocenters. The molecule has 1 aliphatic rings. The van der Waals surface area contributed by atoms with E-state index < -0.39 is 0 Å². The molecule has 3 heteroatoms. The first-order chi connectivity index (χ1) is 28.5. The van der Waals surface area contributed by atoms with Crippen LogP contribution in [0.4, 0.5) is 0 Å². The van der Waals surface area contributed by atoms with Crippen LogP contribution in [0.25, 0.3) is 98.6 Å². The van der Waals surface area contributed by atoms with E-state index in [-0.39, 0.29) is 5.41 Å². The van der Waals surface area contributed by atoms with Crippen LogP contribution < -0.4 is 0 Å². The molecule has 1 aliphatic carbocycles. The lowest BCUT2D eigenvalue weighted by atomic mass is 9.81. The fourth-order valence-electron chi connectivity index (χ4n) is 8.90. The number of hydrogen-bond donors (Lipinski definition) is 0. The van der Waals surface area contributed by atoms with Crippen molar-refractivity contribution in [3.63, 3.8) is 0 Å². The molecular formula is C55H38N2S. The first-order valence-electron chi connectivity index (χ1n) is 19.9. The topological polar surface area (TPSA) is 25.8 Å². The maximum absolute atomic E-state index is 5.31. The largest absolute Gasteiger partial charge is 0.228 e. The van der Waals surface area contributed by atoms with E-state index in [0.29, 0.717) is 5.82 Å². The van der Waals surface area contributed by atoms with Gasteiger partial charge in [0.25, 0.3) is 0 Å². The summed E-state index contributed by atoms with van der Waals surface area (Å²) in [5.74, 6) is 0.703. The third-order valence-electron chi connectivity index (χ3n) is 11.9. The van der Waals surface area contributed by atoms with Crippen LogP contribution in [0.2, 0.25) is 0 Å². The Morgan fingerprint density at radius 1 is 0.362 bits per heavy atom. The van der Waals surface area contributed by atoms with Gasteiger partial charge in [0.15, 0.2) is 5.82 Å². The van der Waals surface area contributed by atoms with Crippen molar-refractivity contribution in [1.82, 2.24) is 9.97 Å². The van der Waals surface area contributed by atoms with Crippen LogP contribution in [0.3, 0.4) is 0 Å². The Morgan fingerprint density at radius 2 is 0.931 bits per heavy atom. The molecule has 8 aromatic carbocycles. The maximum Gasteiger partial charge on any atom is 0.160 e. The maximum atomic E-state index is 5.31. The van der Waals surface area contributed by atoms with Gasteiger partial charge in [-0.3, -0.25) is 0 Å². The van der Waals surface area contributed by atoms with E-state index in [1.807, 2.05) is 17.4 Å². The van der Waals surface area contributed by atoms with Gasteiger partial charge < -0.3 is 0 Å². The van der Waals surface area contributed by atoms with Gasteiger partial charge in [0.2, 0.25) is 0 Å². The summed E-state index contributed by atoms with van der Waals surface area (Å²) in [4.78, 5) is 10.6. The van der Waals surface area contributed by atoms with E-state index >= 15 is 0 Å². The smallest absolute Gasteiger partial charge is 0.160 e. The first kappa shape index (κ1) is 34.3. The Bertz CT molecular complexity index is 3190. The molecule has 0 radical (unpaired) electrons. The Labute approximate surface area is 342 Å². The zero-order valence-corrected chi connectivity index (χ0v) is 33.1. The number of aromatic nitrogens is 2. The van der Waals surface area contributed by atoms with Crippen molar-refractivity contribution < 1.29 is 0 Å². The van der Waals surface area contributed by atoms with Gasteiger partial charge >= 0.3 is 0 Å². The molecular weight excluding hydrogens is 721 g/mol. The van der Waals surface area contributed by atoms with Crippen LogP contribution in [-0.4, -0.2) is 9.97 Å². The molecule has 0 N–H and O–H groups in total. The minimum Gasteiger partial charge on any atom is -0.228 e. The molecule has 2 aromatic heterocycles. The van der Waals surface area contributed by atoms with E-state index in [4.69, 9.17) is 9.97 Å². The number of nitrogens with zero attached hydrogens (tertiary/aromatic N) is 2. The highest BCUT2D eigenvalue weighted by Crippen LogP contribution is 2.50. The quantitative estimate of drug-likeness (QED) is 0.169. The zero-order chi connectivity index (χ0) is 38.8. The zero-order valence-electron chi connectivity index (χ0n) is 32.3. The van der Waals surface area contributed by atoms with Crippen molar-refractivity contribution in [3.05, 3.63) is 205 Å². The molecule has 2 nitrogen and oxygen atoms in total. The highest BCUT2D eigenvalue weighted by molar-refractivity contribution is 7.26. The van der Waals surface area contributed by atoms with Crippen molar-refractivity contribution in [2.75, 3.05) is 0 Å². The molecule has 2 heterocycles. The molecule has 58 heavy (non-hydrogen) atoms. The summed E-state index contributed by atoms with van der Waals surface area (Å²) in [5, 5.41) is 2.59. The first-order valence-corrected chi connectivity index (χ1v) is 20.7. The average Bonchev–Trinajstić information content (AvgIpc) is 3.78. The third kappa shape index (κ3) is 5.78. The molecule has 11 rings (SSSR count). The van der Waals surface area contributed by atoms with Crippen molar-refractivity contribution in [2.24, 2.45) is 0 Å². The second-order valence-corrected chi connectivity index (χ2v) is 16.8. The van der Waals surface area contributed by atoms with Crippen LogP contribution in [0.1, 0.15) is 25.0 Å². The minimum absolute atomic E-state index is 0.0681. The Kier molecular flexibility index (Phi) is 8.06. The van der Waals surface area contributed by atoms with Crippen molar-refractivity contribution in [1.29, 1.82) is 0 Å². The average molecular weight is 759 g/mol. The highest BCUT2D eigenvalue weighted by atomic mass is 32.1. The number of fused-ring (bicyclic) bond motifs is 6. The number of benzene rings is 8. The molecule has 0 spiro atoms. The molecule has 0 saturated heterocycles. The van der Waals surface area contributed by atoms with E-state index in [0.717, 1.165) is 33.6 Å². The summed E-state index contributed by atoms with van der Waals surface area (Å²) >= 11 is 1.86. The van der Waals surface area contributed by atoms with Crippen LogP contribution in [0.5, 0.6) is 0 Å². The minimum atomic E-state index is -0.0681. The number of thiophene rings is 1. The van der Waals surface area contributed by atoms with Gasteiger partial charge in [-0.2, -0.15) is 0 Å². The number of rotatable bonds is 6. The van der Waals surface area contributed by atoms with Crippen molar-refractivity contribution >= 4 is 31.5 Å². The van der Waals surface area contributed by atoms with E-state index in [2.05, 4.69) is 202 Å². The summed E-state index contributed by atoms with van der Waals surface area (Å²) in [7, 11) is 0. The molecule has 0 amide bonds. The fraction of sp³-hybridized carbons (Fsp3) is 0.0545. The lowest BCUT2D eigenvalue weighted by Crippen LogP contribution is -2.14. The van der Waals surface area contributed by atoms with E-state index in [1.165, 1.54) is 70.2 Å². The van der Waals surface area contributed by atoms with Crippen LogP contribution in [0, 0.1) is 0 Å². The Hall–Kier alpha value is -6.94. The normalized spacial score (nSPS) is 12.8. The molecule has 0 aliphatic heterocycles. The molecule has 10 aromatic rings. The second kappa shape index (κ2) is 13.6. The van der Waals surface area contributed by atoms with Gasteiger partial charge in [0, 0.05) is 42.3 Å². The molecule has 0 atom stereocenters. The van der Waals surface area contributed by atoms with Gasteiger partial charge in [0.1, 0.15) is 0 Å². The Balaban J connectivity index is 1.08. The standard InChI is InChI=1S/C55H38N2S/c1-55(2)48-25-11-9-21-44(48)45-28-27-38(33-49(45)55)37-19-13-20-39(29-37)50-34-51(57-54(56-50)36-17-7-4-8-18-36)42-31-40(35-15-5-3-6-16-35)30-41(32-42)43-23-14-24-47-46-22-10-12-26-52(46)58-53(43)47/h3-34H,1-2H3. The molecule has 0 saturated carbocycles. The summed E-state index contributed by atoms with van der Waals surface area (Å²) in [5.41, 5.74) is 17.3.